The van der Waals surface area contributed by atoms with Crippen LogP contribution in [-0.2, 0) is 26.2 Å². The number of sulfonamides is 1. The largest absolute Gasteiger partial charge is 0.458 e. The van der Waals surface area contributed by atoms with Crippen molar-refractivity contribution in [1.82, 2.24) is 13.7 Å². The normalized spacial score (nSPS) is 11.7. The van der Waals surface area contributed by atoms with Gasteiger partial charge in [-0.15, -0.1) is 0 Å². The van der Waals surface area contributed by atoms with Gasteiger partial charge in [0, 0.05) is 25.0 Å². The van der Waals surface area contributed by atoms with Gasteiger partial charge in [0.25, 0.3) is 0 Å². The summed E-state index contributed by atoms with van der Waals surface area (Å²) in [5.74, 6) is -0.849. The molecule has 0 bridgehead atoms. The Balaban J connectivity index is 1.62. The molecular formula is C20H21N3O5S. The highest BCUT2D eigenvalue weighted by atomic mass is 32.2. The van der Waals surface area contributed by atoms with Gasteiger partial charge in [-0.2, -0.15) is 4.31 Å². The van der Waals surface area contributed by atoms with Crippen molar-refractivity contribution in [3.8, 4) is 0 Å². The summed E-state index contributed by atoms with van der Waals surface area (Å²) in [6, 6.07) is 9.38. The van der Waals surface area contributed by atoms with Crippen molar-refractivity contribution in [3.63, 3.8) is 0 Å². The molecule has 0 saturated heterocycles. The Morgan fingerprint density at radius 2 is 1.86 bits per heavy atom. The second-order valence-corrected chi connectivity index (χ2v) is 8.70. The van der Waals surface area contributed by atoms with Crippen LogP contribution in [0.5, 0.6) is 0 Å². The highest BCUT2D eigenvalue weighted by Crippen LogP contribution is 2.16. The van der Waals surface area contributed by atoms with E-state index in [0.717, 1.165) is 15.5 Å². The second-order valence-electron chi connectivity index (χ2n) is 6.66. The summed E-state index contributed by atoms with van der Waals surface area (Å²) in [4.78, 5) is 27.8. The summed E-state index contributed by atoms with van der Waals surface area (Å²) in [7, 11) is -2.59. The van der Waals surface area contributed by atoms with E-state index in [1.165, 1.54) is 38.2 Å². The lowest BCUT2D eigenvalue weighted by molar-refractivity contribution is -0.145. The molecule has 0 aliphatic heterocycles. The van der Waals surface area contributed by atoms with Crippen LogP contribution in [0.2, 0.25) is 0 Å². The van der Waals surface area contributed by atoms with Crippen molar-refractivity contribution in [2.24, 2.45) is 0 Å². The summed E-state index contributed by atoms with van der Waals surface area (Å²) in [6.45, 7) is 2.83. The molecule has 0 aliphatic carbocycles. The summed E-state index contributed by atoms with van der Waals surface area (Å²) < 4.78 is 33.1. The van der Waals surface area contributed by atoms with Gasteiger partial charge < -0.3 is 9.14 Å². The maximum absolute atomic E-state index is 12.6. The molecule has 0 fully saturated rings. The lowest BCUT2D eigenvalue weighted by Crippen LogP contribution is -2.33. The molecule has 8 nitrogen and oxygen atoms in total. The van der Waals surface area contributed by atoms with E-state index in [4.69, 9.17) is 4.74 Å². The first-order chi connectivity index (χ1) is 13.7. The number of rotatable bonds is 7. The zero-order valence-electron chi connectivity index (χ0n) is 16.3. The van der Waals surface area contributed by atoms with Crippen LogP contribution >= 0.6 is 0 Å². The summed E-state index contributed by atoms with van der Waals surface area (Å²) in [6.07, 6.45) is 3.60. The average Bonchev–Trinajstić information content (AvgIpc) is 3.11. The number of fused-ring (bicyclic) bond motifs is 1. The minimum absolute atomic E-state index is 0.00590. The second kappa shape index (κ2) is 8.14. The Morgan fingerprint density at radius 3 is 2.48 bits per heavy atom. The molecule has 0 unspecified atom stereocenters. The lowest BCUT2D eigenvalue weighted by Gasteiger charge is -2.16. The third-order valence-electron chi connectivity index (χ3n) is 4.43. The van der Waals surface area contributed by atoms with E-state index in [2.05, 4.69) is 4.98 Å². The van der Waals surface area contributed by atoms with Gasteiger partial charge in [-0.25, -0.2) is 13.4 Å². The Kier molecular flexibility index (Phi) is 5.81. The predicted octanol–water partition coefficient (Wildman–Crippen LogP) is 2.21. The number of aromatic nitrogens is 2. The zero-order chi connectivity index (χ0) is 21.2. The molecule has 0 N–H and O–H groups in total. The molecule has 3 aromatic rings. The minimum atomic E-state index is -3.88. The Labute approximate surface area is 168 Å². The van der Waals surface area contributed by atoms with Gasteiger partial charge >= 0.3 is 5.97 Å². The fraction of sp³-hybridized carbons (Fsp3) is 0.250. The Morgan fingerprint density at radius 1 is 1.17 bits per heavy atom. The van der Waals surface area contributed by atoms with Gasteiger partial charge in [-0.1, -0.05) is 18.2 Å². The smallest absolute Gasteiger partial charge is 0.321 e. The minimum Gasteiger partial charge on any atom is -0.458 e. The van der Waals surface area contributed by atoms with Gasteiger partial charge in [-0.3, -0.25) is 9.59 Å². The van der Waals surface area contributed by atoms with Gasteiger partial charge in [0.1, 0.15) is 18.8 Å². The number of nitrogens with zero attached hydrogens (tertiary/aromatic N) is 3. The maximum Gasteiger partial charge on any atom is 0.321 e. The van der Waals surface area contributed by atoms with Crippen LogP contribution in [0.25, 0.3) is 5.65 Å². The number of esters is 1. The zero-order valence-corrected chi connectivity index (χ0v) is 17.1. The molecule has 0 amide bonds. The number of hydrogen-bond acceptors (Lipinski definition) is 6. The SMILES string of the molecule is CC(=O)c1ccc(S(=O)(=O)N(C)CC(=O)OCc2cn3cccc(C)c3n2)cc1. The molecule has 29 heavy (non-hydrogen) atoms. The molecule has 9 heteroatoms. The first kappa shape index (κ1) is 20.7. The third kappa shape index (κ3) is 4.52. The maximum atomic E-state index is 12.6. The number of Topliss-reactive ketones (excluding diaryl/α,β-unsaturated/α-hetero) is 1. The van der Waals surface area contributed by atoms with Gasteiger partial charge in [0.05, 0.1) is 10.6 Å². The van der Waals surface area contributed by atoms with Crippen molar-refractivity contribution in [1.29, 1.82) is 0 Å². The van der Waals surface area contributed by atoms with E-state index >= 15 is 0 Å². The topological polar surface area (TPSA) is 98.1 Å². The first-order valence-corrected chi connectivity index (χ1v) is 10.3. The van der Waals surface area contributed by atoms with Gasteiger partial charge in [-0.05, 0) is 37.6 Å². The lowest BCUT2D eigenvalue weighted by atomic mass is 10.2. The van der Waals surface area contributed by atoms with Gasteiger partial charge in [0.15, 0.2) is 5.78 Å². The van der Waals surface area contributed by atoms with Crippen molar-refractivity contribution >= 4 is 27.4 Å². The number of imidazole rings is 1. The molecule has 0 spiro atoms. The van der Waals surface area contributed by atoms with E-state index in [-0.39, 0.29) is 17.3 Å². The standard InChI is InChI=1S/C20H21N3O5S/c1-14-5-4-10-23-11-17(21-20(14)23)13-28-19(25)12-22(3)29(26,27)18-8-6-16(7-9-18)15(2)24/h4-11H,12-13H2,1-3H3. The first-order valence-electron chi connectivity index (χ1n) is 8.84. The predicted molar refractivity (Wildman–Crippen MR) is 106 cm³/mol. The number of hydrogen-bond donors (Lipinski definition) is 0. The van der Waals surface area contributed by atoms with Crippen molar-refractivity contribution < 1.29 is 22.7 Å². The highest BCUT2D eigenvalue weighted by Gasteiger charge is 2.24. The molecule has 0 saturated carbocycles. The number of likely N-dealkylation sites (N-methyl/N-ethyl adjacent to an activating group) is 1. The van der Waals surface area contributed by atoms with Crippen molar-refractivity contribution in [2.75, 3.05) is 13.6 Å². The Bertz CT molecular complexity index is 1170. The third-order valence-corrected chi connectivity index (χ3v) is 6.25. The molecule has 1 aromatic carbocycles. The van der Waals surface area contributed by atoms with E-state index < -0.39 is 22.5 Å². The number of benzene rings is 1. The molecule has 2 heterocycles. The number of carbonyl (C=O) groups excluding carboxylic acids is 2. The van der Waals surface area contributed by atoms with Gasteiger partial charge in [0.2, 0.25) is 10.0 Å². The number of ether oxygens (including phenoxy) is 1. The van der Waals surface area contributed by atoms with Crippen LogP contribution in [-0.4, -0.2) is 47.5 Å². The average molecular weight is 415 g/mol. The molecular weight excluding hydrogens is 394 g/mol. The Hall–Kier alpha value is -3.04. The van der Waals surface area contributed by atoms with Crippen molar-refractivity contribution in [3.05, 3.63) is 65.6 Å². The van der Waals surface area contributed by atoms with Crippen LogP contribution < -0.4 is 0 Å². The van der Waals surface area contributed by atoms with Crippen LogP contribution in [0.3, 0.4) is 0 Å². The van der Waals surface area contributed by atoms with Crippen LogP contribution in [0.1, 0.15) is 28.5 Å². The summed E-state index contributed by atoms with van der Waals surface area (Å²) >= 11 is 0. The van der Waals surface area contributed by atoms with Crippen molar-refractivity contribution in [2.45, 2.75) is 25.3 Å². The van der Waals surface area contributed by atoms with Crippen LogP contribution in [0, 0.1) is 6.92 Å². The van der Waals surface area contributed by atoms with Crippen LogP contribution in [0.4, 0.5) is 0 Å². The van der Waals surface area contributed by atoms with Crippen LogP contribution in [0.15, 0.2) is 53.7 Å². The number of pyridine rings is 1. The molecule has 152 valence electrons. The number of carbonyl (C=O) groups is 2. The molecule has 2 aromatic heterocycles. The quantitative estimate of drug-likeness (QED) is 0.433. The number of ketones is 1. The van der Waals surface area contributed by atoms with E-state index in [1.54, 1.807) is 6.20 Å². The molecule has 3 rings (SSSR count). The summed E-state index contributed by atoms with van der Waals surface area (Å²) in [5, 5.41) is 0. The molecule has 0 radical (unpaired) electrons. The fourth-order valence-electron chi connectivity index (χ4n) is 2.78. The molecule has 0 atom stereocenters. The molecule has 0 aliphatic rings. The highest BCUT2D eigenvalue weighted by molar-refractivity contribution is 7.89. The van der Waals surface area contributed by atoms with E-state index in [9.17, 15) is 18.0 Å². The monoisotopic (exact) mass is 415 g/mol. The van der Waals surface area contributed by atoms with E-state index in [1.807, 2.05) is 29.7 Å². The number of aryl methyl sites for hydroxylation is 1. The fourth-order valence-corrected chi connectivity index (χ4v) is 3.90. The summed E-state index contributed by atoms with van der Waals surface area (Å²) in [5.41, 5.74) is 2.74. The van der Waals surface area contributed by atoms with E-state index in [0.29, 0.717) is 11.3 Å².